The second kappa shape index (κ2) is 4.35. The molecule has 4 nitrogen and oxygen atoms in total. The van der Waals surface area contributed by atoms with Gasteiger partial charge in [0.05, 0.1) is 6.20 Å². The molecule has 0 atom stereocenters. The largest absolute Gasteiger partial charge is 0.484 e. The van der Waals surface area contributed by atoms with Crippen LogP contribution in [0.25, 0.3) is 0 Å². The van der Waals surface area contributed by atoms with E-state index in [2.05, 4.69) is 20.9 Å². The first-order valence-corrected chi connectivity index (χ1v) is 5.12. The standard InChI is InChI=1S/C10H9BrN2O2/c11-7-1-3-8(4-2-7)14-6-10-13-5-9(12)15-10/h1-5H,6,12H2. The third kappa shape index (κ3) is 2.73. The maximum absolute atomic E-state index is 5.43. The summed E-state index contributed by atoms with van der Waals surface area (Å²) in [6.45, 7) is 0.277. The van der Waals surface area contributed by atoms with Crippen LogP contribution in [0, 0.1) is 0 Å². The Kier molecular flexibility index (Phi) is 2.91. The zero-order valence-electron chi connectivity index (χ0n) is 7.81. The van der Waals surface area contributed by atoms with E-state index in [1.54, 1.807) is 0 Å². The minimum Gasteiger partial charge on any atom is -0.484 e. The molecule has 2 N–H and O–H groups in total. The summed E-state index contributed by atoms with van der Waals surface area (Å²) in [6, 6.07) is 7.52. The number of nitrogens with zero attached hydrogens (tertiary/aromatic N) is 1. The lowest BCUT2D eigenvalue weighted by Crippen LogP contribution is -1.94. The molecule has 0 aliphatic carbocycles. The van der Waals surface area contributed by atoms with Crippen LogP contribution in [0.15, 0.2) is 39.4 Å². The summed E-state index contributed by atoms with van der Waals surface area (Å²) in [6.07, 6.45) is 1.46. The van der Waals surface area contributed by atoms with E-state index in [0.29, 0.717) is 11.8 Å². The predicted octanol–water partition coefficient (Wildman–Crippen LogP) is 2.60. The maximum Gasteiger partial charge on any atom is 0.234 e. The summed E-state index contributed by atoms with van der Waals surface area (Å²) < 4.78 is 11.5. The molecule has 0 saturated heterocycles. The first-order valence-electron chi connectivity index (χ1n) is 4.32. The number of nitrogen functional groups attached to an aromatic ring is 1. The Balaban J connectivity index is 1.96. The van der Waals surface area contributed by atoms with Gasteiger partial charge in [-0.1, -0.05) is 15.9 Å². The minimum absolute atomic E-state index is 0.277. The van der Waals surface area contributed by atoms with E-state index in [-0.39, 0.29) is 6.61 Å². The Bertz CT molecular complexity index is 439. The maximum atomic E-state index is 5.43. The van der Waals surface area contributed by atoms with Gasteiger partial charge in [0.2, 0.25) is 11.8 Å². The van der Waals surface area contributed by atoms with Crippen LogP contribution in [0.1, 0.15) is 5.89 Å². The van der Waals surface area contributed by atoms with Gasteiger partial charge in [-0.25, -0.2) is 4.98 Å². The highest BCUT2D eigenvalue weighted by Crippen LogP contribution is 2.17. The molecule has 2 aromatic rings. The number of oxazole rings is 1. The van der Waals surface area contributed by atoms with Crippen molar-refractivity contribution in [2.24, 2.45) is 0 Å². The molecular formula is C10H9BrN2O2. The summed E-state index contributed by atoms with van der Waals surface area (Å²) in [5, 5.41) is 0. The fourth-order valence-electron chi connectivity index (χ4n) is 1.07. The molecule has 0 radical (unpaired) electrons. The summed E-state index contributed by atoms with van der Waals surface area (Å²) >= 11 is 3.34. The summed E-state index contributed by atoms with van der Waals surface area (Å²) in [5.74, 6) is 1.52. The average Bonchev–Trinajstić information content (AvgIpc) is 2.64. The molecule has 1 aromatic carbocycles. The van der Waals surface area contributed by atoms with Gasteiger partial charge in [0.1, 0.15) is 5.75 Å². The van der Waals surface area contributed by atoms with E-state index in [9.17, 15) is 0 Å². The van der Waals surface area contributed by atoms with Crippen molar-refractivity contribution in [1.82, 2.24) is 4.98 Å². The van der Waals surface area contributed by atoms with Crippen molar-refractivity contribution >= 4 is 21.8 Å². The number of aromatic nitrogens is 1. The molecule has 0 aliphatic heterocycles. The van der Waals surface area contributed by atoms with Crippen molar-refractivity contribution in [3.8, 4) is 5.75 Å². The van der Waals surface area contributed by atoms with E-state index in [1.807, 2.05) is 24.3 Å². The Morgan fingerprint density at radius 3 is 2.67 bits per heavy atom. The highest BCUT2D eigenvalue weighted by atomic mass is 79.9. The quantitative estimate of drug-likeness (QED) is 0.930. The van der Waals surface area contributed by atoms with Gasteiger partial charge in [-0.3, -0.25) is 0 Å². The van der Waals surface area contributed by atoms with Crippen LogP contribution in [0.5, 0.6) is 5.75 Å². The number of benzene rings is 1. The Labute approximate surface area is 95.2 Å². The first-order chi connectivity index (χ1) is 7.24. The molecule has 0 saturated carbocycles. The molecule has 1 heterocycles. The van der Waals surface area contributed by atoms with Gasteiger partial charge in [-0.15, -0.1) is 0 Å². The monoisotopic (exact) mass is 268 g/mol. The lowest BCUT2D eigenvalue weighted by molar-refractivity contribution is 0.265. The molecule has 5 heteroatoms. The molecule has 0 unspecified atom stereocenters. The molecule has 0 fully saturated rings. The molecule has 0 spiro atoms. The van der Waals surface area contributed by atoms with Crippen molar-refractivity contribution in [2.75, 3.05) is 5.73 Å². The van der Waals surface area contributed by atoms with Crippen LogP contribution in [-0.4, -0.2) is 4.98 Å². The van der Waals surface area contributed by atoms with Crippen LogP contribution >= 0.6 is 15.9 Å². The highest BCUT2D eigenvalue weighted by molar-refractivity contribution is 9.10. The Morgan fingerprint density at radius 1 is 1.33 bits per heavy atom. The third-order valence-electron chi connectivity index (χ3n) is 1.75. The first kappa shape index (κ1) is 10.0. The van der Waals surface area contributed by atoms with Crippen molar-refractivity contribution in [1.29, 1.82) is 0 Å². The third-order valence-corrected chi connectivity index (χ3v) is 2.28. The molecule has 78 valence electrons. The normalized spacial score (nSPS) is 10.2. The number of hydrogen-bond acceptors (Lipinski definition) is 4. The van der Waals surface area contributed by atoms with Gasteiger partial charge in [0.15, 0.2) is 6.61 Å². The number of ether oxygens (including phenoxy) is 1. The van der Waals surface area contributed by atoms with Crippen LogP contribution in [-0.2, 0) is 6.61 Å². The molecule has 0 aliphatic rings. The summed E-state index contributed by atoms with van der Waals surface area (Å²) in [7, 11) is 0. The van der Waals surface area contributed by atoms with Gasteiger partial charge >= 0.3 is 0 Å². The fourth-order valence-corrected chi connectivity index (χ4v) is 1.33. The van der Waals surface area contributed by atoms with Gasteiger partial charge < -0.3 is 14.9 Å². The molecule has 1 aromatic heterocycles. The highest BCUT2D eigenvalue weighted by Gasteiger charge is 2.01. The molecule has 0 bridgehead atoms. The van der Waals surface area contributed by atoms with E-state index < -0.39 is 0 Å². The number of anilines is 1. The lowest BCUT2D eigenvalue weighted by Gasteiger charge is -2.02. The van der Waals surface area contributed by atoms with Crippen LogP contribution in [0.2, 0.25) is 0 Å². The summed E-state index contributed by atoms with van der Waals surface area (Å²) in [5.41, 5.74) is 5.38. The van der Waals surface area contributed by atoms with Crippen molar-refractivity contribution in [3.63, 3.8) is 0 Å². The molecule has 0 amide bonds. The van der Waals surface area contributed by atoms with E-state index in [0.717, 1.165) is 10.2 Å². The molecular weight excluding hydrogens is 260 g/mol. The van der Waals surface area contributed by atoms with Crippen LogP contribution in [0.3, 0.4) is 0 Å². The van der Waals surface area contributed by atoms with E-state index in [1.165, 1.54) is 6.20 Å². The molecule has 2 rings (SSSR count). The van der Waals surface area contributed by atoms with Gasteiger partial charge in [-0.2, -0.15) is 0 Å². The number of hydrogen-bond donors (Lipinski definition) is 1. The lowest BCUT2D eigenvalue weighted by atomic mass is 10.3. The number of rotatable bonds is 3. The van der Waals surface area contributed by atoms with Crippen molar-refractivity contribution in [2.45, 2.75) is 6.61 Å². The SMILES string of the molecule is Nc1cnc(COc2ccc(Br)cc2)o1. The predicted molar refractivity (Wildman–Crippen MR) is 59.4 cm³/mol. The van der Waals surface area contributed by atoms with E-state index >= 15 is 0 Å². The second-order valence-electron chi connectivity index (χ2n) is 2.90. The Hall–Kier alpha value is -1.49. The van der Waals surface area contributed by atoms with Gasteiger partial charge in [0, 0.05) is 4.47 Å². The van der Waals surface area contributed by atoms with Gasteiger partial charge in [-0.05, 0) is 24.3 Å². The van der Waals surface area contributed by atoms with Crippen LogP contribution < -0.4 is 10.5 Å². The number of nitrogens with two attached hydrogens (primary N) is 1. The van der Waals surface area contributed by atoms with Crippen molar-refractivity contribution in [3.05, 3.63) is 40.8 Å². The van der Waals surface area contributed by atoms with Crippen molar-refractivity contribution < 1.29 is 9.15 Å². The molecule has 15 heavy (non-hydrogen) atoms. The average molecular weight is 269 g/mol. The van der Waals surface area contributed by atoms with Crippen LogP contribution in [0.4, 0.5) is 5.88 Å². The summed E-state index contributed by atoms with van der Waals surface area (Å²) in [4.78, 5) is 3.92. The zero-order chi connectivity index (χ0) is 10.7. The van der Waals surface area contributed by atoms with E-state index in [4.69, 9.17) is 14.9 Å². The minimum atomic E-state index is 0.277. The van der Waals surface area contributed by atoms with Gasteiger partial charge in [0.25, 0.3) is 0 Å². The number of halogens is 1. The topological polar surface area (TPSA) is 61.3 Å². The fraction of sp³-hybridized carbons (Fsp3) is 0.100. The smallest absolute Gasteiger partial charge is 0.234 e. The second-order valence-corrected chi connectivity index (χ2v) is 3.81. The zero-order valence-corrected chi connectivity index (χ0v) is 9.40. The Morgan fingerprint density at radius 2 is 2.07 bits per heavy atom.